The van der Waals surface area contributed by atoms with Gasteiger partial charge in [-0.05, 0) is 63.0 Å². The van der Waals surface area contributed by atoms with Crippen molar-refractivity contribution in [2.75, 3.05) is 6.61 Å². The van der Waals surface area contributed by atoms with Gasteiger partial charge in [0.2, 0.25) is 0 Å². The molecule has 3 rings (SSSR count). The van der Waals surface area contributed by atoms with Gasteiger partial charge in [0.15, 0.2) is 0 Å². The minimum absolute atomic E-state index is 0.120. The number of rotatable bonds is 5. The van der Waals surface area contributed by atoms with Crippen molar-refractivity contribution in [3.05, 3.63) is 23.5 Å². The molecule has 1 heterocycles. The zero-order valence-corrected chi connectivity index (χ0v) is 12.6. The maximum atomic E-state index is 6.11. The van der Waals surface area contributed by atoms with Crippen LogP contribution in [0.25, 0.3) is 0 Å². The molecule has 2 N–H and O–H groups in total. The predicted molar refractivity (Wildman–Crippen MR) is 80.8 cm³/mol. The van der Waals surface area contributed by atoms with Gasteiger partial charge in [0, 0.05) is 18.2 Å². The van der Waals surface area contributed by atoms with E-state index in [1.807, 2.05) is 19.9 Å². The van der Waals surface area contributed by atoms with Gasteiger partial charge in [-0.3, -0.25) is 4.98 Å². The summed E-state index contributed by atoms with van der Waals surface area (Å²) >= 11 is 0. The molecule has 3 heteroatoms. The lowest BCUT2D eigenvalue weighted by atomic mass is 9.89. The van der Waals surface area contributed by atoms with Crippen LogP contribution in [0.15, 0.2) is 12.1 Å². The summed E-state index contributed by atoms with van der Waals surface area (Å²) in [7, 11) is 0. The van der Waals surface area contributed by atoms with E-state index in [-0.39, 0.29) is 6.04 Å². The Balaban J connectivity index is 1.64. The minimum atomic E-state index is 0.120. The Bertz CT molecular complexity index is 472. The van der Waals surface area contributed by atoms with Crippen LogP contribution in [-0.4, -0.2) is 17.6 Å². The van der Waals surface area contributed by atoms with Gasteiger partial charge < -0.3 is 10.5 Å². The molecule has 1 aromatic heterocycles. The van der Waals surface area contributed by atoms with Crippen molar-refractivity contribution in [2.24, 2.45) is 23.5 Å². The molecule has 0 saturated heterocycles. The van der Waals surface area contributed by atoms with Crippen molar-refractivity contribution in [3.63, 3.8) is 0 Å². The van der Waals surface area contributed by atoms with Gasteiger partial charge >= 0.3 is 0 Å². The highest BCUT2D eigenvalue weighted by atomic mass is 16.5. The topological polar surface area (TPSA) is 48.1 Å². The lowest BCUT2D eigenvalue weighted by Crippen LogP contribution is -2.21. The third-order valence-corrected chi connectivity index (χ3v) is 4.92. The van der Waals surface area contributed by atoms with Crippen molar-refractivity contribution in [1.82, 2.24) is 4.98 Å². The number of hydrogen-bond acceptors (Lipinski definition) is 3. The van der Waals surface area contributed by atoms with Gasteiger partial charge in [0.1, 0.15) is 5.75 Å². The number of nitrogens with zero attached hydrogens (tertiary/aromatic N) is 1. The number of nitrogens with two attached hydrogens (primary N) is 1. The summed E-state index contributed by atoms with van der Waals surface area (Å²) in [5.41, 5.74) is 7.97. The Morgan fingerprint density at radius 1 is 1.35 bits per heavy atom. The molecule has 20 heavy (non-hydrogen) atoms. The molecule has 4 atom stereocenters. The quantitative estimate of drug-likeness (QED) is 0.897. The highest BCUT2D eigenvalue weighted by Gasteiger charge is 2.39. The van der Waals surface area contributed by atoms with Crippen LogP contribution in [0, 0.1) is 24.7 Å². The minimum Gasteiger partial charge on any atom is -0.491 e. The number of pyridine rings is 1. The molecule has 0 spiro atoms. The second kappa shape index (κ2) is 5.72. The fourth-order valence-electron chi connectivity index (χ4n) is 3.96. The molecule has 0 aromatic carbocycles. The van der Waals surface area contributed by atoms with E-state index >= 15 is 0 Å². The van der Waals surface area contributed by atoms with Crippen molar-refractivity contribution in [2.45, 2.75) is 52.0 Å². The molecule has 2 bridgehead atoms. The Labute approximate surface area is 121 Å². The van der Waals surface area contributed by atoms with E-state index in [4.69, 9.17) is 10.5 Å². The van der Waals surface area contributed by atoms with Gasteiger partial charge in [-0.2, -0.15) is 0 Å². The fraction of sp³-hybridized carbons (Fsp3) is 0.706. The highest BCUT2D eigenvalue weighted by Crippen LogP contribution is 2.48. The van der Waals surface area contributed by atoms with Crippen molar-refractivity contribution in [3.8, 4) is 5.75 Å². The third kappa shape index (κ3) is 2.98. The summed E-state index contributed by atoms with van der Waals surface area (Å²) in [5, 5.41) is 0. The Kier molecular flexibility index (Phi) is 3.97. The molecule has 3 nitrogen and oxygen atoms in total. The third-order valence-electron chi connectivity index (χ3n) is 4.92. The molecular formula is C17H26N2O. The summed E-state index contributed by atoms with van der Waals surface area (Å²) in [6.45, 7) is 4.89. The van der Waals surface area contributed by atoms with E-state index in [1.54, 1.807) is 0 Å². The number of aromatic nitrogens is 1. The summed E-state index contributed by atoms with van der Waals surface area (Å²) in [6, 6.07) is 4.21. The smallest absolute Gasteiger partial charge is 0.140 e. The highest BCUT2D eigenvalue weighted by molar-refractivity contribution is 5.30. The Morgan fingerprint density at radius 2 is 2.20 bits per heavy atom. The summed E-state index contributed by atoms with van der Waals surface area (Å²) in [4.78, 5) is 4.60. The first-order valence-electron chi connectivity index (χ1n) is 7.96. The molecule has 2 aliphatic carbocycles. The fourth-order valence-corrected chi connectivity index (χ4v) is 3.96. The summed E-state index contributed by atoms with van der Waals surface area (Å²) in [5.74, 6) is 3.59. The second-order valence-electron chi connectivity index (χ2n) is 6.82. The average Bonchev–Trinajstić information content (AvgIpc) is 2.99. The first kappa shape index (κ1) is 13.9. The maximum absolute atomic E-state index is 6.11. The molecule has 2 aliphatic rings. The zero-order chi connectivity index (χ0) is 14.1. The second-order valence-corrected chi connectivity index (χ2v) is 6.82. The summed E-state index contributed by atoms with van der Waals surface area (Å²) < 4.78 is 6.11. The number of ether oxygens (including phenoxy) is 1. The van der Waals surface area contributed by atoms with Gasteiger partial charge in [0.05, 0.1) is 12.3 Å². The maximum Gasteiger partial charge on any atom is 0.140 e. The average molecular weight is 274 g/mol. The molecule has 2 saturated carbocycles. The van der Waals surface area contributed by atoms with Crippen LogP contribution in [0.3, 0.4) is 0 Å². The zero-order valence-electron chi connectivity index (χ0n) is 12.6. The van der Waals surface area contributed by atoms with Gasteiger partial charge in [0.25, 0.3) is 0 Å². The molecule has 0 amide bonds. The molecule has 0 aliphatic heterocycles. The van der Waals surface area contributed by atoms with Crippen molar-refractivity contribution >= 4 is 0 Å². The van der Waals surface area contributed by atoms with E-state index in [2.05, 4.69) is 11.1 Å². The normalized spacial score (nSPS) is 29.6. The molecule has 0 radical (unpaired) electrons. The predicted octanol–water partition coefficient (Wildman–Crippen LogP) is 3.09. The molecule has 110 valence electrons. The van der Waals surface area contributed by atoms with Gasteiger partial charge in [-0.15, -0.1) is 0 Å². The van der Waals surface area contributed by atoms with E-state index in [9.17, 15) is 0 Å². The van der Waals surface area contributed by atoms with E-state index in [0.717, 1.165) is 47.9 Å². The molecular weight excluding hydrogens is 248 g/mol. The number of aryl methyl sites for hydroxylation is 1. The van der Waals surface area contributed by atoms with Crippen LogP contribution in [0.1, 0.15) is 44.0 Å². The Hall–Kier alpha value is -1.09. The summed E-state index contributed by atoms with van der Waals surface area (Å²) in [6.07, 6.45) is 6.45. The lowest BCUT2D eigenvalue weighted by Gasteiger charge is -2.22. The van der Waals surface area contributed by atoms with Crippen LogP contribution in [0.2, 0.25) is 0 Å². The van der Waals surface area contributed by atoms with E-state index < -0.39 is 0 Å². The van der Waals surface area contributed by atoms with Crippen LogP contribution < -0.4 is 10.5 Å². The van der Waals surface area contributed by atoms with Crippen molar-refractivity contribution < 1.29 is 4.74 Å². The molecule has 1 aromatic rings. The monoisotopic (exact) mass is 274 g/mol. The molecule has 4 unspecified atom stereocenters. The van der Waals surface area contributed by atoms with Crippen LogP contribution in [0.4, 0.5) is 0 Å². The Morgan fingerprint density at radius 3 is 2.85 bits per heavy atom. The van der Waals surface area contributed by atoms with Crippen molar-refractivity contribution in [1.29, 1.82) is 0 Å². The van der Waals surface area contributed by atoms with E-state index in [1.165, 1.54) is 25.7 Å². The first-order valence-corrected chi connectivity index (χ1v) is 7.96. The number of fused-ring (bicyclic) bond motifs is 2. The molecule has 2 fully saturated rings. The standard InChI is InChI=1S/C17H26N2O/c1-11(18)7-16-17(6-3-12(2)19-16)20-10-15-9-13-4-5-14(15)8-13/h3,6,11,13-15H,4-5,7-10,18H2,1-2H3. The van der Waals surface area contributed by atoms with Gasteiger partial charge in [-0.25, -0.2) is 0 Å². The first-order chi connectivity index (χ1) is 9.61. The largest absolute Gasteiger partial charge is 0.491 e. The number of hydrogen-bond donors (Lipinski definition) is 1. The van der Waals surface area contributed by atoms with Gasteiger partial charge in [-0.1, -0.05) is 6.42 Å². The van der Waals surface area contributed by atoms with Crippen LogP contribution in [0.5, 0.6) is 5.75 Å². The lowest BCUT2D eigenvalue weighted by molar-refractivity contribution is 0.193. The van der Waals surface area contributed by atoms with Crippen LogP contribution in [-0.2, 0) is 6.42 Å². The van der Waals surface area contributed by atoms with Crippen LogP contribution >= 0.6 is 0 Å². The SMILES string of the molecule is Cc1ccc(OCC2CC3CCC2C3)c(CC(C)N)n1. The van der Waals surface area contributed by atoms with E-state index in [0.29, 0.717) is 0 Å².